The lowest BCUT2D eigenvalue weighted by atomic mass is 9.84. The molecule has 102 valence electrons. The van der Waals surface area contributed by atoms with Crippen LogP contribution in [0.15, 0.2) is 12.2 Å². The van der Waals surface area contributed by atoms with Crippen LogP contribution in [0, 0.1) is 5.92 Å². The molecule has 0 bridgehead atoms. The standard InChI is InChI=1S/C13H22N2O3/c1-2-3-6-9-14-13(18)15-11-8-5-4-7-10(11)12(16)17/h2-3,10-11H,4-9H2,1H3,(H,16,17)(H2,14,15,18)/b3-2+. The third-order valence-electron chi connectivity index (χ3n) is 3.23. The van der Waals surface area contributed by atoms with Gasteiger partial charge >= 0.3 is 12.0 Å². The quantitative estimate of drug-likeness (QED) is 0.518. The molecule has 0 heterocycles. The van der Waals surface area contributed by atoms with Crippen molar-refractivity contribution in [2.24, 2.45) is 5.92 Å². The summed E-state index contributed by atoms with van der Waals surface area (Å²) in [5, 5.41) is 14.6. The van der Waals surface area contributed by atoms with Gasteiger partial charge in [-0.05, 0) is 26.2 Å². The van der Waals surface area contributed by atoms with E-state index in [2.05, 4.69) is 10.6 Å². The van der Waals surface area contributed by atoms with Crippen molar-refractivity contribution in [1.82, 2.24) is 10.6 Å². The van der Waals surface area contributed by atoms with Crippen molar-refractivity contribution in [2.75, 3.05) is 6.54 Å². The highest BCUT2D eigenvalue weighted by atomic mass is 16.4. The van der Waals surface area contributed by atoms with Gasteiger partial charge in [0.15, 0.2) is 0 Å². The summed E-state index contributed by atoms with van der Waals surface area (Å²) in [7, 11) is 0. The third kappa shape index (κ3) is 4.77. The highest BCUT2D eigenvalue weighted by molar-refractivity contribution is 5.76. The Kier molecular flexibility index (Phi) is 6.25. The lowest BCUT2D eigenvalue weighted by molar-refractivity contribution is -0.143. The van der Waals surface area contributed by atoms with Crippen LogP contribution >= 0.6 is 0 Å². The van der Waals surface area contributed by atoms with Crippen molar-refractivity contribution in [1.29, 1.82) is 0 Å². The summed E-state index contributed by atoms with van der Waals surface area (Å²) in [5.74, 6) is -1.26. The molecule has 5 heteroatoms. The van der Waals surface area contributed by atoms with Gasteiger partial charge in [0.2, 0.25) is 0 Å². The van der Waals surface area contributed by atoms with Crippen LogP contribution in [0.4, 0.5) is 4.79 Å². The molecule has 0 aromatic heterocycles. The van der Waals surface area contributed by atoms with E-state index in [0.717, 1.165) is 25.7 Å². The first-order valence-corrected chi connectivity index (χ1v) is 6.53. The largest absolute Gasteiger partial charge is 0.481 e. The third-order valence-corrected chi connectivity index (χ3v) is 3.23. The van der Waals surface area contributed by atoms with E-state index in [4.69, 9.17) is 5.11 Å². The molecular weight excluding hydrogens is 232 g/mol. The fraction of sp³-hybridized carbons (Fsp3) is 0.692. The molecule has 0 spiro atoms. The maximum atomic E-state index is 11.6. The lowest BCUT2D eigenvalue weighted by Gasteiger charge is -2.29. The zero-order valence-corrected chi connectivity index (χ0v) is 10.8. The smallest absolute Gasteiger partial charge is 0.315 e. The molecule has 1 saturated carbocycles. The van der Waals surface area contributed by atoms with Crippen LogP contribution in [0.2, 0.25) is 0 Å². The van der Waals surface area contributed by atoms with E-state index in [0.29, 0.717) is 13.0 Å². The molecule has 0 aromatic carbocycles. The maximum Gasteiger partial charge on any atom is 0.315 e. The molecule has 2 atom stereocenters. The highest BCUT2D eigenvalue weighted by Crippen LogP contribution is 2.24. The van der Waals surface area contributed by atoms with Crippen LogP contribution in [0.5, 0.6) is 0 Å². The van der Waals surface area contributed by atoms with Crippen molar-refractivity contribution in [3.05, 3.63) is 12.2 Å². The minimum Gasteiger partial charge on any atom is -0.481 e. The number of nitrogens with one attached hydrogen (secondary N) is 2. The molecule has 3 N–H and O–H groups in total. The molecule has 0 radical (unpaired) electrons. The Morgan fingerprint density at radius 3 is 2.72 bits per heavy atom. The summed E-state index contributed by atoms with van der Waals surface area (Å²) in [6.07, 6.45) is 8.00. The molecule has 0 aliphatic heterocycles. The summed E-state index contributed by atoms with van der Waals surface area (Å²) in [5.41, 5.74) is 0. The minimum atomic E-state index is -0.811. The van der Waals surface area contributed by atoms with Crippen LogP contribution in [0.25, 0.3) is 0 Å². The van der Waals surface area contributed by atoms with Gasteiger partial charge in [0, 0.05) is 12.6 Å². The SMILES string of the molecule is C/C=C/CCNC(=O)NC1CCCCC1C(=O)O. The zero-order valence-electron chi connectivity index (χ0n) is 10.8. The lowest BCUT2D eigenvalue weighted by Crippen LogP contribution is -2.48. The van der Waals surface area contributed by atoms with Gasteiger partial charge < -0.3 is 15.7 Å². The van der Waals surface area contributed by atoms with Crippen LogP contribution in [-0.4, -0.2) is 29.7 Å². The summed E-state index contributed by atoms with van der Waals surface area (Å²) >= 11 is 0. The summed E-state index contributed by atoms with van der Waals surface area (Å²) in [4.78, 5) is 22.7. The normalized spacial score (nSPS) is 23.8. The van der Waals surface area contributed by atoms with Gasteiger partial charge in [0.05, 0.1) is 5.92 Å². The molecule has 1 aliphatic carbocycles. The van der Waals surface area contributed by atoms with Gasteiger partial charge in [-0.15, -0.1) is 0 Å². The van der Waals surface area contributed by atoms with Crippen molar-refractivity contribution in [2.45, 2.75) is 45.1 Å². The Bertz CT molecular complexity index is 315. The van der Waals surface area contributed by atoms with Gasteiger partial charge in [-0.2, -0.15) is 0 Å². The van der Waals surface area contributed by atoms with Crippen molar-refractivity contribution >= 4 is 12.0 Å². The number of carbonyl (C=O) groups excluding carboxylic acids is 1. The Morgan fingerprint density at radius 2 is 2.06 bits per heavy atom. The van der Waals surface area contributed by atoms with Gasteiger partial charge in [-0.1, -0.05) is 25.0 Å². The summed E-state index contributed by atoms with van der Waals surface area (Å²) < 4.78 is 0. The summed E-state index contributed by atoms with van der Waals surface area (Å²) in [6, 6.07) is -0.504. The van der Waals surface area contributed by atoms with E-state index in [1.807, 2.05) is 19.1 Å². The monoisotopic (exact) mass is 254 g/mol. The van der Waals surface area contributed by atoms with E-state index in [-0.39, 0.29) is 12.1 Å². The first-order valence-electron chi connectivity index (χ1n) is 6.53. The number of rotatable bonds is 5. The molecule has 0 aromatic rings. The van der Waals surface area contributed by atoms with Crippen molar-refractivity contribution in [3.8, 4) is 0 Å². The van der Waals surface area contributed by atoms with Crippen LogP contribution in [-0.2, 0) is 4.79 Å². The van der Waals surface area contributed by atoms with E-state index in [1.54, 1.807) is 0 Å². The second kappa shape index (κ2) is 7.74. The predicted molar refractivity (Wildman–Crippen MR) is 69.3 cm³/mol. The topological polar surface area (TPSA) is 78.4 Å². The fourth-order valence-corrected chi connectivity index (χ4v) is 2.25. The van der Waals surface area contributed by atoms with E-state index < -0.39 is 11.9 Å². The fourth-order valence-electron chi connectivity index (χ4n) is 2.25. The number of carboxylic acids is 1. The van der Waals surface area contributed by atoms with Crippen molar-refractivity contribution < 1.29 is 14.7 Å². The number of carboxylic acid groups (broad SMARTS) is 1. The van der Waals surface area contributed by atoms with E-state index in [1.165, 1.54) is 0 Å². The van der Waals surface area contributed by atoms with Crippen LogP contribution in [0.3, 0.4) is 0 Å². The number of amides is 2. The number of hydrogen-bond donors (Lipinski definition) is 3. The Morgan fingerprint density at radius 1 is 1.33 bits per heavy atom. The number of carbonyl (C=O) groups is 2. The van der Waals surface area contributed by atoms with Gasteiger partial charge in [-0.25, -0.2) is 4.79 Å². The van der Waals surface area contributed by atoms with Gasteiger partial charge in [0.1, 0.15) is 0 Å². The minimum absolute atomic E-state index is 0.238. The first-order chi connectivity index (χ1) is 8.65. The zero-order chi connectivity index (χ0) is 13.4. The van der Waals surface area contributed by atoms with Crippen molar-refractivity contribution in [3.63, 3.8) is 0 Å². The van der Waals surface area contributed by atoms with Gasteiger partial charge in [-0.3, -0.25) is 4.79 Å². The number of allylic oxidation sites excluding steroid dienone is 1. The maximum absolute atomic E-state index is 11.6. The summed E-state index contributed by atoms with van der Waals surface area (Å²) in [6.45, 7) is 2.50. The second-order valence-corrected chi connectivity index (χ2v) is 4.59. The number of urea groups is 1. The van der Waals surface area contributed by atoms with Gasteiger partial charge in [0.25, 0.3) is 0 Å². The molecule has 2 unspecified atom stereocenters. The average Bonchev–Trinajstić information content (AvgIpc) is 2.35. The predicted octanol–water partition coefficient (Wildman–Crippen LogP) is 1.90. The molecule has 18 heavy (non-hydrogen) atoms. The number of aliphatic carboxylic acids is 1. The second-order valence-electron chi connectivity index (χ2n) is 4.59. The highest BCUT2D eigenvalue weighted by Gasteiger charge is 2.31. The molecule has 1 aliphatic rings. The Labute approximate surface area is 108 Å². The molecule has 2 amide bonds. The molecule has 1 fully saturated rings. The average molecular weight is 254 g/mol. The Balaban J connectivity index is 2.34. The number of hydrogen-bond acceptors (Lipinski definition) is 2. The van der Waals surface area contributed by atoms with Crippen LogP contribution in [0.1, 0.15) is 39.0 Å². The Hall–Kier alpha value is -1.52. The van der Waals surface area contributed by atoms with E-state index >= 15 is 0 Å². The molecule has 1 rings (SSSR count). The van der Waals surface area contributed by atoms with Crippen LogP contribution < -0.4 is 10.6 Å². The van der Waals surface area contributed by atoms with E-state index in [9.17, 15) is 9.59 Å². The molecule has 5 nitrogen and oxygen atoms in total. The first kappa shape index (κ1) is 14.5. The molecular formula is C13H22N2O3. The molecule has 0 saturated heterocycles.